The molecule has 7 atom stereocenters. The average molecular weight is 685 g/mol. The van der Waals surface area contributed by atoms with Gasteiger partial charge in [-0.1, -0.05) is 161 Å². The summed E-state index contributed by atoms with van der Waals surface area (Å²) < 4.78 is 5.79. The van der Waals surface area contributed by atoms with Crippen molar-refractivity contribution in [3.8, 4) is 0 Å². The minimum Gasteiger partial charge on any atom is -0.393 e. The molecule has 0 fully saturated rings. The minimum absolute atomic E-state index is 0.0682. The maximum atomic E-state index is 12.6. The zero-order valence-electron chi connectivity index (χ0n) is 30.8. The number of unbranched alkanes of at least 4 members (excludes halogenated alkanes) is 21. The summed E-state index contributed by atoms with van der Waals surface area (Å²) in [5.74, 6) is 0. The molecule has 0 aromatic carbocycles. The Balaban J connectivity index is 2.06. The topological polar surface area (TPSA) is 152 Å². The van der Waals surface area contributed by atoms with Crippen LogP contribution in [0.2, 0.25) is 0 Å². The number of aliphatic hydroxyl groups is 5. The van der Waals surface area contributed by atoms with Gasteiger partial charge in [-0.2, -0.15) is 0 Å². The highest BCUT2D eigenvalue weighted by atomic mass is 16.5. The SMILES string of the molecule is CCCCCCCCCCCCCCCCCCCCCCCCNC(=O)NC(COC1CC=CC(O)C(O)C1O)C(O)CC(O)CC. The lowest BCUT2D eigenvalue weighted by molar-refractivity contribution is -0.116. The summed E-state index contributed by atoms with van der Waals surface area (Å²) in [6.07, 6.45) is 26.7. The second-order valence-electron chi connectivity index (χ2n) is 14.3. The Hall–Kier alpha value is -1.23. The number of ether oxygens (including phenoxy) is 1. The van der Waals surface area contributed by atoms with Gasteiger partial charge in [-0.05, 0) is 19.3 Å². The van der Waals surface area contributed by atoms with E-state index in [1.54, 1.807) is 6.08 Å². The van der Waals surface area contributed by atoms with Crippen LogP contribution in [0.15, 0.2) is 12.2 Å². The first-order valence-electron chi connectivity index (χ1n) is 20.0. The normalized spacial score (nSPS) is 21.5. The van der Waals surface area contributed by atoms with Crippen LogP contribution in [-0.4, -0.2) is 87.4 Å². The standard InChI is InChI=1S/C39H76N2O7/c1-3-5-6-7-8-9-10-11-12-13-14-15-16-17-18-19-20-21-22-23-24-25-29-40-39(47)41-33(35(44)30-32(42)4-2)31-48-36-28-26-27-34(43)37(45)38(36)46/h26-27,32-38,42-46H,3-25,28-31H2,1-2H3,(H2,40,41,47). The summed E-state index contributed by atoms with van der Waals surface area (Å²) in [6.45, 7) is 4.50. The molecule has 0 aromatic rings. The van der Waals surface area contributed by atoms with Crippen LogP contribution in [0.4, 0.5) is 4.79 Å². The van der Waals surface area contributed by atoms with Crippen molar-refractivity contribution in [1.82, 2.24) is 10.6 Å². The molecule has 2 amide bonds. The van der Waals surface area contributed by atoms with E-state index in [0.717, 1.165) is 19.3 Å². The van der Waals surface area contributed by atoms with E-state index >= 15 is 0 Å². The van der Waals surface area contributed by atoms with Gasteiger partial charge < -0.3 is 40.9 Å². The lowest BCUT2D eigenvalue weighted by Gasteiger charge is -2.30. The Kier molecular flexibility index (Phi) is 28.5. The molecular formula is C39H76N2O7. The summed E-state index contributed by atoms with van der Waals surface area (Å²) in [5.41, 5.74) is 0. The van der Waals surface area contributed by atoms with Crippen molar-refractivity contribution in [2.45, 2.75) is 217 Å². The highest BCUT2D eigenvalue weighted by Crippen LogP contribution is 2.19. The van der Waals surface area contributed by atoms with Gasteiger partial charge in [0, 0.05) is 13.0 Å². The van der Waals surface area contributed by atoms with Gasteiger partial charge in [0.1, 0.15) is 18.3 Å². The van der Waals surface area contributed by atoms with Crippen molar-refractivity contribution in [1.29, 1.82) is 0 Å². The van der Waals surface area contributed by atoms with Crippen LogP contribution in [0.5, 0.6) is 0 Å². The van der Waals surface area contributed by atoms with E-state index in [9.17, 15) is 30.3 Å². The largest absolute Gasteiger partial charge is 0.393 e. The van der Waals surface area contributed by atoms with Crippen LogP contribution in [0.1, 0.15) is 174 Å². The van der Waals surface area contributed by atoms with Crippen LogP contribution in [-0.2, 0) is 4.74 Å². The number of nitrogens with one attached hydrogen (secondary N) is 2. The summed E-state index contributed by atoms with van der Waals surface area (Å²) in [7, 11) is 0. The molecule has 0 saturated heterocycles. The third-order valence-corrected chi connectivity index (χ3v) is 9.85. The Bertz CT molecular complexity index is 771. The van der Waals surface area contributed by atoms with E-state index < -0.39 is 48.7 Å². The van der Waals surface area contributed by atoms with Gasteiger partial charge in [-0.25, -0.2) is 4.79 Å². The fraction of sp³-hybridized carbons (Fsp3) is 0.923. The van der Waals surface area contributed by atoms with Crippen LogP contribution in [0.25, 0.3) is 0 Å². The molecule has 1 aliphatic carbocycles. The predicted molar refractivity (Wildman–Crippen MR) is 196 cm³/mol. The third-order valence-electron chi connectivity index (χ3n) is 9.85. The average Bonchev–Trinajstić information content (AvgIpc) is 3.19. The summed E-state index contributed by atoms with van der Waals surface area (Å²) in [5, 5.41) is 56.6. The fourth-order valence-electron chi connectivity index (χ4n) is 6.43. The molecule has 1 aliphatic rings. The van der Waals surface area contributed by atoms with Gasteiger partial charge in [0.25, 0.3) is 0 Å². The molecule has 48 heavy (non-hydrogen) atoms. The number of carbonyl (C=O) groups is 1. The summed E-state index contributed by atoms with van der Waals surface area (Å²) in [4.78, 5) is 12.6. The molecule has 9 heteroatoms. The van der Waals surface area contributed by atoms with Gasteiger partial charge in [0.15, 0.2) is 0 Å². The molecule has 284 valence electrons. The lowest BCUT2D eigenvalue weighted by atomic mass is 10.0. The van der Waals surface area contributed by atoms with Crippen LogP contribution in [0, 0.1) is 0 Å². The molecule has 0 bridgehead atoms. The second-order valence-corrected chi connectivity index (χ2v) is 14.3. The molecule has 9 nitrogen and oxygen atoms in total. The maximum Gasteiger partial charge on any atom is 0.315 e. The second kappa shape index (κ2) is 30.6. The number of amides is 2. The molecule has 0 aromatic heterocycles. The maximum absolute atomic E-state index is 12.6. The third kappa shape index (κ3) is 23.2. The van der Waals surface area contributed by atoms with Gasteiger partial charge in [0.05, 0.1) is 31.0 Å². The number of carbonyl (C=O) groups excluding carboxylic acids is 1. The molecule has 0 heterocycles. The lowest BCUT2D eigenvalue weighted by Crippen LogP contribution is -2.52. The quantitative estimate of drug-likeness (QED) is 0.0301. The first kappa shape index (κ1) is 44.8. The van der Waals surface area contributed by atoms with Crippen molar-refractivity contribution < 1.29 is 35.1 Å². The number of urea groups is 1. The van der Waals surface area contributed by atoms with Crippen molar-refractivity contribution in [3.05, 3.63) is 12.2 Å². The molecule has 0 aliphatic heterocycles. The van der Waals surface area contributed by atoms with Crippen molar-refractivity contribution in [2.75, 3.05) is 13.2 Å². The Labute approximate surface area is 293 Å². The number of aliphatic hydroxyl groups excluding tert-OH is 5. The fourth-order valence-corrected chi connectivity index (χ4v) is 6.43. The molecule has 0 spiro atoms. The van der Waals surface area contributed by atoms with Crippen LogP contribution < -0.4 is 10.6 Å². The zero-order valence-corrected chi connectivity index (χ0v) is 30.8. The van der Waals surface area contributed by atoms with Crippen molar-refractivity contribution in [2.24, 2.45) is 0 Å². The molecule has 7 unspecified atom stereocenters. The zero-order chi connectivity index (χ0) is 35.2. The van der Waals surface area contributed by atoms with Crippen LogP contribution >= 0.6 is 0 Å². The highest BCUT2D eigenvalue weighted by Gasteiger charge is 2.34. The number of rotatable bonds is 31. The number of hydrogen-bond acceptors (Lipinski definition) is 7. The predicted octanol–water partition coefficient (Wildman–Crippen LogP) is 7.21. The van der Waals surface area contributed by atoms with Crippen LogP contribution in [0.3, 0.4) is 0 Å². The van der Waals surface area contributed by atoms with Gasteiger partial charge in [-0.15, -0.1) is 0 Å². The summed E-state index contributed by atoms with van der Waals surface area (Å²) in [6, 6.07) is -1.24. The Morgan fingerprint density at radius 2 is 1.17 bits per heavy atom. The Morgan fingerprint density at radius 3 is 1.62 bits per heavy atom. The highest BCUT2D eigenvalue weighted by molar-refractivity contribution is 5.74. The van der Waals surface area contributed by atoms with Crippen molar-refractivity contribution >= 4 is 6.03 Å². The van der Waals surface area contributed by atoms with Crippen molar-refractivity contribution in [3.63, 3.8) is 0 Å². The molecular weight excluding hydrogens is 608 g/mol. The Morgan fingerprint density at radius 1 is 0.708 bits per heavy atom. The van der Waals surface area contributed by atoms with E-state index in [0.29, 0.717) is 13.0 Å². The monoisotopic (exact) mass is 685 g/mol. The van der Waals surface area contributed by atoms with E-state index in [1.807, 2.05) is 6.92 Å². The van der Waals surface area contributed by atoms with Gasteiger partial charge in [0.2, 0.25) is 0 Å². The first-order valence-corrected chi connectivity index (χ1v) is 20.0. The van der Waals surface area contributed by atoms with Gasteiger partial charge in [-0.3, -0.25) is 0 Å². The molecule has 1 rings (SSSR count). The van der Waals surface area contributed by atoms with Gasteiger partial charge >= 0.3 is 6.03 Å². The summed E-state index contributed by atoms with van der Waals surface area (Å²) >= 11 is 0. The number of hydrogen-bond donors (Lipinski definition) is 7. The first-order chi connectivity index (χ1) is 23.3. The minimum atomic E-state index is -1.39. The smallest absolute Gasteiger partial charge is 0.315 e. The van der Waals surface area contributed by atoms with E-state index in [1.165, 1.54) is 128 Å². The van der Waals surface area contributed by atoms with E-state index in [-0.39, 0.29) is 19.4 Å². The molecule has 0 saturated carbocycles. The molecule has 7 N–H and O–H groups in total. The molecule has 0 radical (unpaired) electrons. The van der Waals surface area contributed by atoms with E-state index in [4.69, 9.17) is 4.74 Å². The van der Waals surface area contributed by atoms with E-state index in [2.05, 4.69) is 17.6 Å².